The van der Waals surface area contributed by atoms with Crippen LogP contribution in [0.15, 0.2) is 47.6 Å². The maximum Gasteiger partial charge on any atom is 0.00538 e. The topological polar surface area (TPSA) is 0 Å². The number of rotatable bonds is 3. The molecule has 0 aromatic heterocycles. The van der Waals surface area contributed by atoms with Gasteiger partial charge in [0.15, 0.2) is 0 Å². The van der Waals surface area contributed by atoms with Crippen LogP contribution in [0.4, 0.5) is 0 Å². The minimum atomic E-state index is 0.268. The SMILES string of the molecule is C1=CC2C3=CCC[C@@H]3P(CCP3C4CC=C[C@@H]4C4=CCC[C@@H]43)C2C1. The van der Waals surface area contributed by atoms with Crippen LogP contribution in [0.3, 0.4) is 0 Å². The zero-order valence-electron chi connectivity index (χ0n) is 14.5. The van der Waals surface area contributed by atoms with Crippen molar-refractivity contribution in [2.24, 2.45) is 11.8 Å². The molecular formula is C22H28P2. The Labute approximate surface area is 149 Å². The van der Waals surface area contributed by atoms with Gasteiger partial charge in [0.1, 0.15) is 0 Å². The zero-order chi connectivity index (χ0) is 15.7. The first-order valence-electron chi connectivity index (χ1n) is 10.2. The highest BCUT2D eigenvalue weighted by atomic mass is 31.1. The lowest BCUT2D eigenvalue weighted by Crippen LogP contribution is -2.13. The second-order valence-electron chi connectivity index (χ2n) is 8.58. The summed E-state index contributed by atoms with van der Waals surface area (Å²) in [6.07, 6.45) is 27.2. The Kier molecular flexibility index (Phi) is 3.52. The van der Waals surface area contributed by atoms with E-state index in [9.17, 15) is 0 Å². The summed E-state index contributed by atoms with van der Waals surface area (Å²) in [5, 5.41) is 0. The molecule has 0 N–H and O–H groups in total. The van der Waals surface area contributed by atoms with Crippen molar-refractivity contribution in [1.29, 1.82) is 0 Å². The van der Waals surface area contributed by atoms with E-state index in [4.69, 9.17) is 0 Å². The first kappa shape index (κ1) is 14.9. The quantitative estimate of drug-likeness (QED) is 0.428. The van der Waals surface area contributed by atoms with Crippen molar-refractivity contribution in [1.82, 2.24) is 0 Å². The van der Waals surface area contributed by atoms with E-state index in [1.807, 2.05) is 11.1 Å². The molecule has 24 heavy (non-hydrogen) atoms. The summed E-state index contributed by atoms with van der Waals surface area (Å²) in [5.74, 6) is 1.76. The normalized spacial score (nSPS) is 50.0. The van der Waals surface area contributed by atoms with E-state index < -0.39 is 0 Å². The summed E-state index contributed by atoms with van der Waals surface area (Å²) in [4.78, 5) is 0. The Morgan fingerprint density at radius 1 is 0.750 bits per heavy atom. The molecule has 0 saturated carbocycles. The third kappa shape index (κ3) is 2.00. The summed E-state index contributed by atoms with van der Waals surface area (Å²) >= 11 is 0. The molecule has 0 aromatic carbocycles. The monoisotopic (exact) mass is 354 g/mol. The van der Waals surface area contributed by atoms with Crippen LogP contribution in [-0.2, 0) is 0 Å². The van der Waals surface area contributed by atoms with Crippen molar-refractivity contribution in [3.05, 3.63) is 47.6 Å². The second kappa shape index (κ2) is 5.66. The van der Waals surface area contributed by atoms with Crippen LogP contribution >= 0.6 is 15.8 Å². The number of allylic oxidation sites excluding steroid dienone is 8. The molecule has 0 bridgehead atoms. The van der Waals surface area contributed by atoms with E-state index in [1.165, 1.54) is 38.5 Å². The van der Waals surface area contributed by atoms with E-state index in [1.54, 1.807) is 12.3 Å². The van der Waals surface area contributed by atoms with Crippen molar-refractivity contribution in [2.75, 3.05) is 12.3 Å². The Morgan fingerprint density at radius 3 is 1.75 bits per heavy atom. The predicted molar refractivity (Wildman–Crippen MR) is 108 cm³/mol. The molecule has 0 radical (unpaired) electrons. The highest BCUT2D eigenvalue weighted by Gasteiger charge is 2.50. The van der Waals surface area contributed by atoms with E-state index in [-0.39, 0.29) is 15.8 Å². The molecule has 0 aromatic rings. The maximum atomic E-state index is 2.63. The van der Waals surface area contributed by atoms with Gasteiger partial charge in [-0.05, 0) is 62.2 Å². The average Bonchev–Trinajstić information content (AvgIpc) is 3.38. The van der Waals surface area contributed by atoms with E-state index >= 15 is 0 Å². The van der Waals surface area contributed by atoms with Crippen molar-refractivity contribution in [3.8, 4) is 0 Å². The average molecular weight is 354 g/mol. The van der Waals surface area contributed by atoms with Crippen LogP contribution in [0.25, 0.3) is 0 Å². The standard InChI is InChI=1S/C22H28P2/c1-5-15-16-6-2-10-20(16)23(19(15)9-1)13-14-24-21-11-3-7-17(21)18-8-4-12-22(18)24/h1,3,5-8,15,17,19-22H,2,4,9-14H2/t15-,17?,19?,20+,21?,22+,23?,24?/m1/s1. The third-order valence-corrected chi connectivity index (χ3v) is 15.0. The lowest BCUT2D eigenvalue weighted by Gasteiger charge is -2.29. The second-order valence-corrected chi connectivity index (χ2v) is 14.1. The summed E-state index contributed by atoms with van der Waals surface area (Å²) in [7, 11) is 0.535. The van der Waals surface area contributed by atoms with E-state index in [2.05, 4.69) is 36.5 Å². The molecule has 5 unspecified atom stereocenters. The smallest absolute Gasteiger partial charge is 0.00538 e. The highest BCUT2D eigenvalue weighted by Crippen LogP contribution is 2.71. The van der Waals surface area contributed by atoms with Gasteiger partial charge in [-0.3, -0.25) is 0 Å². The van der Waals surface area contributed by atoms with Gasteiger partial charge in [-0.15, -0.1) is 0 Å². The number of fused-ring (bicyclic) bond motifs is 6. The van der Waals surface area contributed by atoms with Crippen LogP contribution in [0.1, 0.15) is 38.5 Å². The first-order chi connectivity index (χ1) is 11.9. The molecule has 2 heterocycles. The molecule has 126 valence electrons. The lowest BCUT2D eigenvalue weighted by atomic mass is 9.98. The molecule has 6 rings (SSSR count). The van der Waals surface area contributed by atoms with Gasteiger partial charge in [0.25, 0.3) is 0 Å². The van der Waals surface area contributed by atoms with Crippen LogP contribution in [0.5, 0.6) is 0 Å². The molecule has 0 amide bonds. The van der Waals surface area contributed by atoms with Gasteiger partial charge in [0.2, 0.25) is 0 Å². The van der Waals surface area contributed by atoms with Crippen LogP contribution in [0, 0.1) is 11.8 Å². The van der Waals surface area contributed by atoms with Crippen molar-refractivity contribution in [3.63, 3.8) is 0 Å². The van der Waals surface area contributed by atoms with Gasteiger partial charge in [0.05, 0.1) is 0 Å². The van der Waals surface area contributed by atoms with E-state index in [0.717, 1.165) is 34.5 Å². The van der Waals surface area contributed by atoms with Gasteiger partial charge in [-0.1, -0.05) is 63.4 Å². The minimum Gasteiger partial charge on any atom is -0.0946 e. The summed E-state index contributed by atoms with van der Waals surface area (Å²) in [5.41, 5.74) is 7.94. The van der Waals surface area contributed by atoms with Crippen molar-refractivity contribution >= 4 is 15.8 Å². The molecule has 4 aliphatic carbocycles. The fourth-order valence-electron chi connectivity index (χ4n) is 6.82. The van der Waals surface area contributed by atoms with Gasteiger partial charge < -0.3 is 0 Å². The molecule has 2 heteroatoms. The van der Waals surface area contributed by atoms with Gasteiger partial charge in [-0.25, -0.2) is 0 Å². The Hall–Kier alpha value is -0.180. The third-order valence-electron chi connectivity index (χ3n) is 7.72. The summed E-state index contributed by atoms with van der Waals surface area (Å²) < 4.78 is 0. The van der Waals surface area contributed by atoms with Crippen molar-refractivity contribution in [2.45, 2.75) is 61.2 Å². The van der Waals surface area contributed by atoms with Gasteiger partial charge in [0, 0.05) is 23.2 Å². The van der Waals surface area contributed by atoms with Crippen LogP contribution in [0.2, 0.25) is 0 Å². The Morgan fingerprint density at radius 2 is 1.25 bits per heavy atom. The van der Waals surface area contributed by atoms with E-state index in [0.29, 0.717) is 0 Å². The molecule has 0 nitrogen and oxygen atoms in total. The first-order valence-corrected chi connectivity index (χ1v) is 13.5. The molecule has 2 fully saturated rings. The largest absolute Gasteiger partial charge is 0.0946 e. The van der Waals surface area contributed by atoms with Crippen LogP contribution < -0.4 is 0 Å². The van der Waals surface area contributed by atoms with Crippen LogP contribution in [-0.4, -0.2) is 35.0 Å². The summed E-state index contributed by atoms with van der Waals surface area (Å²) in [6.45, 7) is 0. The van der Waals surface area contributed by atoms with Gasteiger partial charge in [-0.2, -0.15) is 0 Å². The van der Waals surface area contributed by atoms with Crippen molar-refractivity contribution < 1.29 is 0 Å². The fourth-order valence-corrected chi connectivity index (χ4v) is 15.3. The maximum absolute atomic E-state index is 2.63. The number of hydrogen-bond donors (Lipinski definition) is 0. The molecule has 8 atom stereocenters. The Bertz CT molecular complexity index is 611. The predicted octanol–water partition coefficient (Wildman–Crippen LogP) is 6.04. The summed E-state index contributed by atoms with van der Waals surface area (Å²) in [6, 6.07) is 0. The highest BCUT2D eigenvalue weighted by molar-refractivity contribution is 7.64. The van der Waals surface area contributed by atoms with Gasteiger partial charge >= 0.3 is 0 Å². The lowest BCUT2D eigenvalue weighted by molar-refractivity contribution is 0.761. The minimum absolute atomic E-state index is 0.268. The Balaban J connectivity index is 1.21. The molecule has 6 aliphatic rings. The molecule has 0 spiro atoms. The fraction of sp³-hybridized carbons (Fsp3) is 0.636. The molecular weight excluding hydrogens is 326 g/mol. The zero-order valence-corrected chi connectivity index (χ0v) is 16.3. The molecule has 2 saturated heterocycles. The molecule has 2 aliphatic heterocycles. The number of hydrogen-bond acceptors (Lipinski definition) is 0.